The summed E-state index contributed by atoms with van der Waals surface area (Å²) in [5.74, 6) is -1.95. The zero-order valence-electron chi connectivity index (χ0n) is 29.8. The maximum Gasteiger partial charge on any atom is 0.274 e. The Hall–Kier alpha value is -5.17. The van der Waals surface area contributed by atoms with E-state index in [1.165, 1.54) is 54.9 Å². The molecule has 0 aliphatic carbocycles. The highest BCUT2D eigenvalue weighted by Crippen LogP contribution is 2.27. The maximum atomic E-state index is 14.5. The Kier molecular flexibility index (Phi) is 12.7. The molecule has 3 amide bonds. The molecule has 2 heterocycles. The van der Waals surface area contributed by atoms with E-state index in [1.54, 1.807) is 58.8 Å². The van der Waals surface area contributed by atoms with Gasteiger partial charge >= 0.3 is 0 Å². The number of nitrogens with zero attached hydrogens (tertiary/aromatic N) is 4. The highest BCUT2D eigenvalue weighted by atomic mass is 19.1. The minimum absolute atomic E-state index is 0.104. The van der Waals surface area contributed by atoms with E-state index in [2.05, 4.69) is 15.6 Å². The number of carbonyl (C=O) groups excluding carboxylic acids is 3. The van der Waals surface area contributed by atoms with E-state index >= 15 is 0 Å². The topological polar surface area (TPSA) is 109 Å². The second kappa shape index (κ2) is 17.4. The molecule has 1 saturated heterocycles. The van der Waals surface area contributed by atoms with Crippen molar-refractivity contribution in [3.05, 3.63) is 114 Å². The fraction of sp³-hybridized carbons (Fsp3) is 0.385. The second-order valence-corrected chi connectivity index (χ2v) is 13.2. The van der Waals surface area contributed by atoms with E-state index in [0.29, 0.717) is 30.7 Å². The van der Waals surface area contributed by atoms with E-state index in [4.69, 9.17) is 4.74 Å². The van der Waals surface area contributed by atoms with Gasteiger partial charge in [0.15, 0.2) is 0 Å². The minimum Gasteiger partial charge on any atom is -0.489 e. The number of rotatable bonds is 15. The lowest BCUT2D eigenvalue weighted by Gasteiger charge is -2.34. The van der Waals surface area contributed by atoms with Gasteiger partial charge in [0.1, 0.15) is 47.4 Å². The fourth-order valence-corrected chi connectivity index (χ4v) is 6.17. The van der Waals surface area contributed by atoms with Crippen LogP contribution in [0.3, 0.4) is 0 Å². The Balaban J connectivity index is 1.45. The largest absolute Gasteiger partial charge is 0.489 e. The van der Waals surface area contributed by atoms with Crippen molar-refractivity contribution in [2.24, 2.45) is 5.92 Å². The number of likely N-dealkylation sites (tertiary alicyclic amines) is 1. The number of hydrogen-bond acceptors (Lipinski definition) is 6. The van der Waals surface area contributed by atoms with E-state index in [1.807, 2.05) is 13.8 Å². The molecule has 0 saturated carbocycles. The van der Waals surface area contributed by atoms with Crippen LogP contribution >= 0.6 is 0 Å². The molecule has 1 aliphatic heterocycles. The van der Waals surface area contributed by atoms with E-state index in [9.17, 15) is 27.6 Å². The Labute approximate surface area is 302 Å². The Morgan fingerprint density at radius 3 is 2.17 bits per heavy atom. The molecule has 276 valence electrons. The summed E-state index contributed by atoms with van der Waals surface area (Å²) >= 11 is 0. The van der Waals surface area contributed by atoms with Gasteiger partial charge in [0, 0.05) is 31.4 Å². The highest BCUT2D eigenvalue weighted by molar-refractivity contribution is 5.93. The minimum atomic E-state index is -0.838. The van der Waals surface area contributed by atoms with Gasteiger partial charge in [-0.3, -0.25) is 14.4 Å². The molecule has 4 aromatic rings. The van der Waals surface area contributed by atoms with Gasteiger partial charge in [0.2, 0.25) is 11.8 Å². The van der Waals surface area contributed by atoms with Crippen molar-refractivity contribution in [2.75, 3.05) is 26.7 Å². The van der Waals surface area contributed by atoms with Crippen molar-refractivity contribution in [2.45, 2.75) is 64.3 Å². The van der Waals surface area contributed by atoms with E-state index in [0.717, 1.165) is 5.56 Å². The summed E-state index contributed by atoms with van der Waals surface area (Å²) in [6, 6.07) is 15.5. The summed E-state index contributed by atoms with van der Waals surface area (Å²) in [5, 5.41) is 5.85. The molecular formula is C39H45F3N6O4. The SMILES string of the molecule is CC[C@H](C)[C@H](NC(=O)[C@H](C)NC)C(=O)N1C[C@@H](Oc2ccc(F)cc2)C[C@H]1CN(CCc1ccc(F)cc1)C(=O)c1cn(-c2ccc(F)cc2)cn1. The normalized spacial score (nSPS) is 17.3. The molecule has 52 heavy (non-hydrogen) atoms. The van der Waals surface area contributed by atoms with Gasteiger partial charge in [0.05, 0.1) is 18.6 Å². The molecule has 0 radical (unpaired) electrons. The van der Waals surface area contributed by atoms with Crippen LogP contribution < -0.4 is 15.4 Å². The van der Waals surface area contributed by atoms with Gasteiger partial charge in [-0.15, -0.1) is 0 Å². The first kappa shape index (κ1) is 38.1. The first-order valence-corrected chi connectivity index (χ1v) is 17.5. The van der Waals surface area contributed by atoms with Gasteiger partial charge < -0.3 is 29.7 Å². The predicted molar refractivity (Wildman–Crippen MR) is 190 cm³/mol. The number of imidazole rings is 1. The lowest BCUT2D eigenvalue weighted by Crippen LogP contribution is -2.57. The van der Waals surface area contributed by atoms with Crippen LogP contribution in [0.4, 0.5) is 13.2 Å². The summed E-state index contributed by atoms with van der Waals surface area (Å²) in [7, 11) is 1.67. The van der Waals surface area contributed by atoms with Crippen molar-refractivity contribution in [3.63, 3.8) is 0 Å². The van der Waals surface area contributed by atoms with Crippen LogP contribution in [0.1, 0.15) is 49.7 Å². The zero-order valence-corrected chi connectivity index (χ0v) is 29.8. The van der Waals surface area contributed by atoms with E-state index in [-0.39, 0.29) is 48.9 Å². The Morgan fingerprint density at radius 2 is 1.56 bits per heavy atom. The molecule has 0 unspecified atom stereocenters. The first-order chi connectivity index (χ1) is 24.9. The standard InChI is InChI=1S/C39H45F3N6O4/c1-5-25(2)36(45-37(49)26(3)43-4)39(51)48-22-34(52-33-16-12-30(42)13-17-33)20-32(48)21-46(19-18-27-6-8-28(40)9-7-27)38(50)35-23-47(24-44-35)31-14-10-29(41)11-15-31/h6-17,23-26,32,34,36,43H,5,18-22H2,1-4H3,(H,45,49)/t25-,26-,32-,34-,36-/m0/s1. The number of ether oxygens (including phenoxy) is 1. The molecule has 1 aliphatic rings. The van der Waals surface area contributed by atoms with Crippen LogP contribution in [-0.4, -0.2) is 88.0 Å². The maximum absolute atomic E-state index is 14.5. The third-order valence-corrected chi connectivity index (χ3v) is 9.61. The molecule has 0 spiro atoms. The third-order valence-electron chi connectivity index (χ3n) is 9.61. The fourth-order valence-electron chi connectivity index (χ4n) is 6.17. The van der Waals surface area contributed by atoms with Crippen molar-refractivity contribution < 1.29 is 32.3 Å². The van der Waals surface area contributed by atoms with Crippen LogP contribution in [0.15, 0.2) is 85.3 Å². The number of carbonyl (C=O) groups is 3. The molecule has 13 heteroatoms. The quantitative estimate of drug-likeness (QED) is 0.176. The lowest BCUT2D eigenvalue weighted by molar-refractivity contribution is -0.139. The molecule has 5 rings (SSSR count). The van der Waals surface area contributed by atoms with Crippen LogP contribution in [0, 0.1) is 23.4 Å². The monoisotopic (exact) mass is 718 g/mol. The van der Waals surface area contributed by atoms with Gasteiger partial charge in [-0.1, -0.05) is 32.4 Å². The third kappa shape index (κ3) is 9.58. The van der Waals surface area contributed by atoms with Gasteiger partial charge in [0.25, 0.3) is 5.91 Å². The summed E-state index contributed by atoms with van der Waals surface area (Å²) in [6.45, 7) is 6.06. The molecule has 3 aromatic carbocycles. The Bertz CT molecular complexity index is 1800. The number of amides is 3. The number of likely N-dealkylation sites (N-methyl/N-ethyl adjacent to an activating group) is 1. The van der Waals surface area contributed by atoms with Crippen LogP contribution in [0.5, 0.6) is 5.75 Å². The number of benzene rings is 3. The number of aromatic nitrogens is 2. The molecule has 1 aromatic heterocycles. The van der Waals surface area contributed by atoms with Crippen molar-refractivity contribution in [1.29, 1.82) is 0 Å². The zero-order chi connectivity index (χ0) is 37.4. The smallest absolute Gasteiger partial charge is 0.274 e. The highest BCUT2D eigenvalue weighted by Gasteiger charge is 2.42. The summed E-state index contributed by atoms with van der Waals surface area (Å²) in [6.07, 6.45) is 3.92. The van der Waals surface area contributed by atoms with Gasteiger partial charge in [-0.25, -0.2) is 18.2 Å². The summed E-state index contributed by atoms with van der Waals surface area (Å²) in [4.78, 5) is 49.4. The number of nitrogens with one attached hydrogen (secondary N) is 2. The predicted octanol–water partition coefficient (Wildman–Crippen LogP) is 5.16. The lowest BCUT2D eigenvalue weighted by atomic mass is 9.97. The number of halogens is 3. The van der Waals surface area contributed by atoms with E-state index < -0.39 is 41.8 Å². The van der Waals surface area contributed by atoms with Gasteiger partial charge in [-0.05, 0) is 92.5 Å². The average molecular weight is 719 g/mol. The van der Waals surface area contributed by atoms with Crippen LogP contribution in [0.2, 0.25) is 0 Å². The van der Waals surface area contributed by atoms with Crippen LogP contribution in [-0.2, 0) is 16.0 Å². The molecule has 2 N–H and O–H groups in total. The second-order valence-electron chi connectivity index (χ2n) is 13.2. The summed E-state index contributed by atoms with van der Waals surface area (Å²) < 4.78 is 48.8. The number of hydrogen-bond donors (Lipinski definition) is 2. The summed E-state index contributed by atoms with van der Waals surface area (Å²) in [5.41, 5.74) is 1.57. The molecule has 0 bridgehead atoms. The molecule has 5 atom stereocenters. The molecule has 10 nitrogen and oxygen atoms in total. The molecular weight excluding hydrogens is 673 g/mol. The van der Waals surface area contributed by atoms with Crippen molar-refractivity contribution in [1.82, 2.24) is 30.0 Å². The first-order valence-electron chi connectivity index (χ1n) is 17.5. The van der Waals surface area contributed by atoms with Crippen molar-refractivity contribution >= 4 is 17.7 Å². The van der Waals surface area contributed by atoms with Crippen molar-refractivity contribution in [3.8, 4) is 11.4 Å². The average Bonchev–Trinajstić information content (AvgIpc) is 3.80. The molecule has 1 fully saturated rings. The van der Waals surface area contributed by atoms with Crippen LogP contribution in [0.25, 0.3) is 5.69 Å². The van der Waals surface area contributed by atoms with Gasteiger partial charge in [-0.2, -0.15) is 0 Å². The Morgan fingerprint density at radius 1 is 0.942 bits per heavy atom.